The number of hydrogen-bond acceptors (Lipinski definition) is 5. The van der Waals surface area contributed by atoms with Crippen LogP contribution in [0.15, 0.2) is 53.7 Å². The molecular weight excluding hydrogens is 344 g/mol. The first-order valence-electron chi connectivity index (χ1n) is 7.29. The largest absolute Gasteiger partial charge is 0.496 e. The molecule has 7 heteroatoms. The van der Waals surface area contributed by atoms with E-state index in [2.05, 4.69) is 9.98 Å². The van der Waals surface area contributed by atoms with E-state index < -0.39 is 11.5 Å². The van der Waals surface area contributed by atoms with Gasteiger partial charge in [0.25, 0.3) is 0 Å². The van der Waals surface area contributed by atoms with E-state index in [-0.39, 0.29) is 11.3 Å². The van der Waals surface area contributed by atoms with Gasteiger partial charge in [-0.1, -0.05) is 11.6 Å². The molecule has 1 aliphatic rings. The van der Waals surface area contributed by atoms with Crippen LogP contribution in [0.2, 0.25) is 5.02 Å². The lowest BCUT2D eigenvalue weighted by molar-refractivity contribution is 0.0696. The molecule has 1 aromatic carbocycles. The van der Waals surface area contributed by atoms with Crippen LogP contribution in [-0.2, 0) is 5.54 Å². The molecule has 25 heavy (non-hydrogen) atoms. The highest BCUT2D eigenvalue weighted by Crippen LogP contribution is 2.36. The second kappa shape index (κ2) is 6.49. The molecule has 0 saturated carbocycles. The van der Waals surface area contributed by atoms with Crippen molar-refractivity contribution in [2.45, 2.75) is 5.54 Å². The third-order valence-electron chi connectivity index (χ3n) is 3.86. The number of ether oxygens (including phenoxy) is 1. The minimum Gasteiger partial charge on any atom is -0.496 e. The Balaban J connectivity index is 2.10. The van der Waals surface area contributed by atoms with Gasteiger partial charge in [-0.2, -0.15) is 0 Å². The van der Waals surface area contributed by atoms with Gasteiger partial charge in [-0.3, -0.25) is 14.8 Å². The molecule has 0 saturated heterocycles. The molecule has 1 N–H and O–H groups in total. The minimum atomic E-state index is -1.36. The first-order chi connectivity index (χ1) is 12.0. The normalized spacial score (nSPS) is 18.3. The van der Waals surface area contributed by atoms with Gasteiger partial charge in [0, 0.05) is 17.4 Å². The van der Waals surface area contributed by atoms with Crippen LogP contribution in [0.25, 0.3) is 0 Å². The Hall–Kier alpha value is -2.99. The van der Waals surface area contributed by atoms with Crippen LogP contribution in [0.4, 0.5) is 0 Å². The van der Waals surface area contributed by atoms with Crippen molar-refractivity contribution in [3.63, 3.8) is 0 Å². The molecule has 1 aromatic heterocycles. The number of carboxylic acids is 1. The maximum Gasteiger partial charge on any atom is 0.337 e. The zero-order valence-electron chi connectivity index (χ0n) is 13.1. The highest BCUT2D eigenvalue weighted by atomic mass is 35.5. The van der Waals surface area contributed by atoms with Crippen molar-refractivity contribution in [3.8, 4) is 5.75 Å². The van der Waals surface area contributed by atoms with Gasteiger partial charge in [0.1, 0.15) is 5.75 Å². The van der Waals surface area contributed by atoms with Gasteiger partial charge in [0.05, 0.1) is 23.9 Å². The first-order valence-corrected chi connectivity index (χ1v) is 7.67. The van der Waals surface area contributed by atoms with Crippen molar-refractivity contribution < 1.29 is 19.4 Å². The molecule has 0 fully saturated rings. The van der Waals surface area contributed by atoms with Crippen molar-refractivity contribution in [3.05, 3.63) is 70.5 Å². The highest BCUT2D eigenvalue weighted by molar-refractivity contribution is 6.31. The lowest BCUT2D eigenvalue weighted by Gasteiger charge is -2.23. The van der Waals surface area contributed by atoms with Crippen LogP contribution in [0.5, 0.6) is 5.75 Å². The lowest BCUT2D eigenvalue weighted by atomic mass is 9.86. The summed E-state index contributed by atoms with van der Waals surface area (Å²) in [5.41, 5.74) is -0.705. The smallest absolute Gasteiger partial charge is 0.337 e. The summed E-state index contributed by atoms with van der Waals surface area (Å²) >= 11 is 5.96. The Morgan fingerprint density at radius 3 is 2.60 bits per heavy atom. The number of rotatable bonds is 5. The van der Waals surface area contributed by atoms with Crippen LogP contribution in [0.3, 0.4) is 0 Å². The summed E-state index contributed by atoms with van der Waals surface area (Å²) < 4.78 is 5.26. The SMILES string of the molecule is COc1cc(Cl)ccc1C(=O)C1(c2ccc(C(=O)O)cn2)C=CC=N1. The number of Topliss-reactive ketones (excluding diaryl/α,β-unsaturated/α-hetero) is 1. The topological polar surface area (TPSA) is 88.9 Å². The number of allylic oxidation sites excluding steroid dienone is 1. The van der Waals surface area contributed by atoms with Crippen LogP contribution >= 0.6 is 11.6 Å². The Labute approximate surface area is 148 Å². The number of ketones is 1. The number of aromatic carboxylic acids is 1. The van der Waals surface area contributed by atoms with Crippen molar-refractivity contribution >= 4 is 29.6 Å². The van der Waals surface area contributed by atoms with Gasteiger partial charge >= 0.3 is 5.97 Å². The average molecular weight is 357 g/mol. The Bertz CT molecular complexity index is 892. The molecule has 2 aromatic rings. The molecule has 2 heterocycles. The number of halogens is 1. The molecule has 0 radical (unpaired) electrons. The zero-order valence-corrected chi connectivity index (χ0v) is 13.9. The third-order valence-corrected chi connectivity index (χ3v) is 4.09. The number of aliphatic imine (C=N–C) groups is 1. The van der Waals surface area contributed by atoms with Crippen LogP contribution < -0.4 is 4.74 Å². The van der Waals surface area contributed by atoms with Gasteiger partial charge in [-0.15, -0.1) is 0 Å². The fraction of sp³-hybridized carbons (Fsp3) is 0.111. The van der Waals surface area contributed by atoms with Gasteiger partial charge in [-0.25, -0.2) is 4.79 Å². The number of hydrogen-bond donors (Lipinski definition) is 1. The van der Waals surface area contributed by atoms with Gasteiger partial charge in [0.15, 0.2) is 5.54 Å². The molecule has 1 unspecified atom stereocenters. The Morgan fingerprint density at radius 2 is 2.04 bits per heavy atom. The number of aromatic nitrogens is 1. The number of methoxy groups -OCH3 is 1. The number of pyridine rings is 1. The number of carboxylic acid groups (broad SMARTS) is 1. The van der Waals surface area contributed by atoms with Crippen molar-refractivity contribution in [1.29, 1.82) is 0 Å². The van der Waals surface area contributed by atoms with Crippen molar-refractivity contribution in [1.82, 2.24) is 4.98 Å². The quantitative estimate of drug-likeness (QED) is 0.831. The highest BCUT2D eigenvalue weighted by Gasteiger charge is 2.41. The van der Waals surface area contributed by atoms with Gasteiger partial charge < -0.3 is 9.84 Å². The minimum absolute atomic E-state index is 0.0291. The summed E-state index contributed by atoms with van der Waals surface area (Å²) in [5, 5.41) is 9.45. The third kappa shape index (κ3) is 2.92. The molecule has 0 amide bonds. The van der Waals surface area contributed by atoms with E-state index in [4.69, 9.17) is 21.4 Å². The molecule has 0 aliphatic carbocycles. The van der Waals surface area contributed by atoms with E-state index in [0.29, 0.717) is 22.0 Å². The summed E-state index contributed by atoms with van der Waals surface area (Å²) in [6.07, 6.45) is 5.97. The summed E-state index contributed by atoms with van der Waals surface area (Å²) in [4.78, 5) is 32.7. The van der Waals surface area contributed by atoms with Gasteiger partial charge in [0.2, 0.25) is 5.78 Å². The Kier molecular flexibility index (Phi) is 4.37. The zero-order chi connectivity index (χ0) is 18.0. The van der Waals surface area contributed by atoms with Crippen LogP contribution in [-0.4, -0.2) is 35.2 Å². The molecule has 126 valence electrons. The molecule has 3 rings (SSSR count). The monoisotopic (exact) mass is 356 g/mol. The predicted octanol–water partition coefficient (Wildman–Crippen LogP) is 3.16. The lowest BCUT2D eigenvalue weighted by Crippen LogP contribution is -2.32. The van der Waals surface area contributed by atoms with E-state index >= 15 is 0 Å². The van der Waals surface area contributed by atoms with Crippen molar-refractivity contribution in [2.24, 2.45) is 4.99 Å². The van der Waals surface area contributed by atoms with E-state index in [1.807, 2.05) is 0 Å². The fourth-order valence-corrected chi connectivity index (χ4v) is 2.75. The van der Waals surface area contributed by atoms with E-state index in [1.54, 1.807) is 30.4 Å². The molecule has 0 bridgehead atoms. The Morgan fingerprint density at radius 1 is 1.24 bits per heavy atom. The van der Waals surface area contributed by atoms with Crippen molar-refractivity contribution in [2.75, 3.05) is 7.11 Å². The molecule has 0 spiro atoms. The maximum atomic E-state index is 13.2. The van der Waals surface area contributed by atoms with E-state index in [9.17, 15) is 9.59 Å². The summed E-state index contributed by atoms with van der Waals surface area (Å²) in [6.45, 7) is 0. The summed E-state index contributed by atoms with van der Waals surface area (Å²) in [7, 11) is 1.45. The van der Waals surface area contributed by atoms with Gasteiger partial charge in [-0.05, 0) is 42.5 Å². The summed E-state index contributed by atoms with van der Waals surface area (Å²) in [5.74, 6) is -1.11. The second-order valence-corrected chi connectivity index (χ2v) is 5.75. The maximum absolute atomic E-state index is 13.2. The number of benzene rings is 1. The molecule has 1 aliphatic heterocycles. The predicted molar refractivity (Wildman–Crippen MR) is 92.8 cm³/mol. The number of carbonyl (C=O) groups is 2. The number of nitrogens with zero attached hydrogens (tertiary/aromatic N) is 2. The van der Waals surface area contributed by atoms with Crippen LogP contribution in [0, 0.1) is 0 Å². The molecular formula is C18H13ClN2O4. The number of carbonyl (C=O) groups excluding carboxylic acids is 1. The second-order valence-electron chi connectivity index (χ2n) is 5.31. The van der Waals surface area contributed by atoms with E-state index in [0.717, 1.165) is 0 Å². The molecule has 1 atom stereocenters. The first kappa shape index (κ1) is 16.9. The van der Waals surface area contributed by atoms with E-state index in [1.165, 1.54) is 31.7 Å². The molecule has 6 nitrogen and oxygen atoms in total. The fourth-order valence-electron chi connectivity index (χ4n) is 2.59. The standard InChI is InChI=1S/C18H13ClN2O4/c1-25-14-9-12(19)4-5-13(14)16(22)18(7-2-8-21-18)15-6-3-11(10-20-15)17(23)24/h2-10H,1H3,(H,23,24). The average Bonchev–Trinajstić information content (AvgIpc) is 3.12. The van der Waals surface area contributed by atoms with Crippen LogP contribution in [0.1, 0.15) is 26.4 Å². The summed E-state index contributed by atoms with van der Waals surface area (Å²) in [6, 6.07) is 7.58.